The van der Waals surface area contributed by atoms with E-state index >= 15 is 0 Å². The Kier molecular flexibility index (Phi) is 5.87. The van der Waals surface area contributed by atoms with Gasteiger partial charge in [-0.25, -0.2) is 14.5 Å². The van der Waals surface area contributed by atoms with Crippen LogP contribution in [0.3, 0.4) is 0 Å². The van der Waals surface area contributed by atoms with Gasteiger partial charge in [0.15, 0.2) is 0 Å². The lowest BCUT2D eigenvalue weighted by Gasteiger charge is -2.18. The van der Waals surface area contributed by atoms with Gasteiger partial charge in [-0.15, -0.1) is 0 Å². The van der Waals surface area contributed by atoms with Crippen LogP contribution in [0.1, 0.15) is 28.2 Å². The Morgan fingerprint density at radius 2 is 2.06 bits per heavy atom. The Morgan fingerprint density at radius 1 is 1.20 bits per heavy atom. The molecule has 0 spiro atoms. The fourth-order valence-corrected chi connectivity index (χ4v) is 4.28. The molecular weight excluding hydrogens is 451 g/mol. The van der Waals surface area contributed by atoms with Gasteiger partial charge in [0.25, 0.3) is 11.5 Å². The van der Waals surface area contributed by atoms with E-state index in [1.54, 1.807) is 42.1 Å². The first-order valence-corrected chi connectivity index (χ1v) is 11.1. The molecule has 0 saturated heterocycles. The van der Waals surface area contributed by atoms with Crippen LogP contribution in [0.15, 0.2) is 59.5 Å². The van der Waals surface area contributed by atoms with Crippen molar-refractivity contribution in [1.29, 1.82) is 0 Å². The van der Waals surface area contributed by atoms with Crippen molar-refractivity contribution in [1.82, 2.24) is 19.7 Å². The van der Waals surface area contributed by atoms with Gasteiger partial charge >= 0.3 is 0 Å². The summed E-state index contributed by atoms with van der Waals surface area (Å²) in [5.41, 5.74) is 2.96. The van der Waals surface area contributed by atoms with E-state index in [1.807, 2.05) is 0 Å². The van der Waals surface area contributed by atoms with Crippen LogP contribution in [0, 0.1) is 5.82 Å². The highest BCUT2D eigenvalue weighted by molar-refractivity contribution is 6.04. The first-order chi connectivity index (χ1) is 16.9. The third kappa shape index (κ3) is 4.56. The molecule has 0 saturated carbocycles. The van der Waals surface area contributed by atoms with E-state index < -0.39 is 23.4 Å². The summed E-state index contributed by atoms with van der Waals surface area (Å²) >= 11 is 0. The van der Waals surface area contributed by atoms with Crippen molar-refractivity contribution in [2.75, 3.05) is 10.6 Å². The van der Waals surface area contributed by atoms with E-state index in [2.05, 4.69) is 25.8 Å². The number of H-pyrrole nitrogens is 1. The lowest BCUT2D eigenvalue weighted by molar-refractivity contribution is 0.101. The lowest BCUT2D eigenvalue weighted by atomic mass is 9.95. The zero-order valence-electron chi connectivity index (χ0n) is 18.9. The van der Waals surface area contributed by atoms with Crippen LogP contribution in [0.4, 0.5) is 21.6 Å². The number of aromatic nitrogens is 4. The first-order valence-electron chi connectivity index (χ1n) is 11.1. The van der Waals surface area contributed by atoms with Crippen molar-refractivity contribution in [3.63, 3.8) is 0 Å². The number of pyridine rings is 1. The maximum atomic E-state index is 14.6. The van der Waals surface area contributed by atoms with Crippen LogP contribution >= 0.6 is 0 Å². The van der Waals surface area contributed by atoms with Crippen molar-refractivity contribution >= 4 is 23.1 Å². The quantitative estimate of drug-likeness (QED) is 0.352. The van der Waals surface area contributed by atoms with Crippen LogP contribution in [-0.4, -0.2) is 36.9 Å². The number of hydrogen-bond donors (Lipinski definition) is 4. The zero-order valence-corrected chi connectivity index (χ0v) is 18.9. The van der Waals surface area contributed by atoms with Crippen LogP contribution in [0.5, 0.6) is 0 Å². The fraction of sp³-hybridized carbons (Fsp3) is 0.200. The number of nitrogens with zero attached hydrogens (tertiary/aromatic N) is 3. The molecule has 1 amide bonds. The van der Waals surface area contributed by atoms with Crippen molar-refractivity contribution < 1.29 is 14.3 Å². The van der Waals surface area contributed by atoms with Gasteiger partial charge in [-0.3, -0.25) is 9.59 Å². The second kappa shape index (κ2) is 9.15. The number of aliphatic hydroxyl groups excluding tert-OH is 1. The lowest BCUT2D eigenvalue weighted by Crippen LogP contribution is -2.20. The number of hydrogen-bond acceptors (Lipinski definition) is 6. The molecule has 0 fully saturated rings. The summed E-state index contributed by atoms with van der Waals surface area (Å²) in [5, 5.41) is 22.0. The summed E-state index contributed by atoms with van der Waals surface area (Å²) in [5.74, 6) is -0.577. The molecule has 9 nitrogen and oxygen atoms in total. The molecule has 1 aliphatic rings. The fourth-order valence-electron chi connectivity index (χ4n) is 4.28. The van der Waals surface area contributed by atoms with Crippen LogP contribution in [0.25, 0.3) is 11.3 Å². The predicted octanol–water partition coefficient (Wildman–Crippen LogP) is 3.16. The van der Waals surface area contributed by atoms with E-state index in [4.69, 9.17) is 0 Å². The van der Waals surface area contributed by atoms with Gasteiger partial charge in [-0.05, 0) is 60.9 Å². The van der Waals surface area contributed by atoms with Gasteiger partial charge in [-0.2, -0.15) is 5.10 Å². The van der Waals surface area contributed by atoms with Crippen LogP contribution < -0.4 is 16.2 Å². The third-order valence-corrected chi connectivity index (χ3v) is 6.09. The minimum atomic E-state index is -0.604. The maximum Gasteiger partial charge on any atom is 0.287 e. The molecule has 1 aromatic carbocycles. The summed E-state index contributed by atoms with van der Waals surface area (Å²) in [6, 6.07) is 12.7. The Morgan fingerprint density at radius 3 is 2.86 bits per heavy atom. The number of aromatic amines is 1. The highest BCUT2D eigenvalue weighted by Gasteiger charge is 2.24. The Hall–Kier alpha value is -4.31. The van der Waals surface area contributed by atoms with Gasteiger partial charge < -0.3 is 20.3 Å². The molecule has 10 heteroatoms. The average Bonchev–Trinajstić information content (AvgIpc) is 3.18. The molecule has 35 heavy (non-hydrogen) atoms. The summed E-state index contributed by atoms with van der Waals surface area (Å²) in [6.45, 7) is 0. The number of aliphatic hydroxyl groups is 1. The number of amides is 1. The predicted molar refractivity (Wildman–Crippen MR) is 129 cm³/mol. The SMILES string of the molecule is Cn1c(C(=O)Nc2cc(-c3cc(Nc4ccccn4)c(=O)[nH]n3)ccc2F)cc2c1CCC(O)C2. The summed E-state index contributed by atoms with van der Waals surface area (Å²) in [7, 11) is 1.79. The largest absolute Gasteiger partial charge is 0.393 e. The van der Waals surface area contributed by atoms with Crippen LogP contribution in [-0.2, 0) is 19.9 Å². The Labute approximate surface area is 199 Å². The van der Waals surface area contributed by atoms with Gasteiger partial charge in [0, 0.05) is 30.9 Å². The molecule has 1 unspecified atom stereocenters. The molecule has 0 aliphatic heterocycles. The highest BCUT2D eigenvalue weighted by atomic mass is 19.1. The van der Waals surface area contributed by atoms with Gasteiger partial charge in [0.1, 0.15) is 23.0 Å². The molecule has 1 atom stereocenters. The van der Waals surface area contributed by atoms with Crippen LogP contribution in [0.2, 0.25) is 0 Å². The maximum absolute atomic E-state index is 14.6. The summed E-state index contributed by atoms with van der Waals surface area (Å²) in [6.07, 6.45) is 2.99. The molecule has 0 radical (unpaired) electrons. The van der Waals surface area contributed by atoms with E-state index in [1.165, 1.54) is 24.3 Å². The normalized spacial score (nSPS) is 14.9. The number of carbonyl (C=O) groups is 1. The summed E-state index contributed by atoms with van der Waals surface area (Å²) < 4.78 is 16.4. The standard InChI is InChI=1S/C25H23FN6O3/c1-32-21-8-6-16(33)10-15(21)12-22(32)25(35)29-19-11-14(5-7-17(19)26)18-13-20(24(34)31-30-18)28-23-4-2-3-9-27-23/h2-5,7,9,11-13,16,33H,6,8,10H2,1H3,(H,29,35)(H,31,34)(H,27,28,30). The Bertz CT molecular complexity index is 1460. The number of anilines is 3. The van der Waals surface area contributed by atoms with Crippen molar-refractivity contribution in [3.8, 4) is 11.3 Å². The molecule has 178 valence electrons. The third-order valence-electron chi connectivity index (χ3n) is 6.09. The number of benzene rings is 1. The first kappa shape index (κ1) is 22.5. The molecular formula is C25H23FN6O3. The number of halogens is 1. The summed E-state index contributed by atoms with van der Waals surface area (Å²) in [4.78, 5) is 29.4. The highest BCUT2D eigenvalue weighted by Crippen LogP contribution is 2.27. The topological polar surface area (TPSA) is 125 Å². The van der Waals surface area contributed by atoms with E-state index in [9.17, 15) is 19.1 Å². The molecule has 1 aliphatic carbocycles. The van der Waals surface area contributed by atoms with Gasteiger partial charge in [-0.1, -0.05) is 6.07 Å². The van der Waals surface area contributed by atoms with Crippen molar-refractivity contribution in [2.24, 2.45) is 7.05 Å². The smallest absolute Gasteiger partial charge is 0.287 e. The van der Waals surface area contributed by atoms with Crippen molar-refractivity contribution in [2.45, 2.75) is 25.4 Å². The van der Waals surface area contributed by atoms with Gasteiger partial charge in [0.05, 0.1) is 17.5 Å². The van der Waals surface area contributed by atoms with E-state index in [0.29, 0.717) is 42.0 Å². The second-order valence-electron chi connectivity index (χ2n) is 8.44. The minimum Gasteiger partial charge on any atom is -0.393 e. The van der Waals surface area contributed by atoms with E-state index in [0.717, 1.165) is 11.3 Å². The zero-order chi connectivity index (χ0) is 24.5. The monoisotopic (exact) mass is 474 g/mol. The second-order valence-corrected chi connectivity index (χ2v) is 8.44. The molecule has 4 N–H and O–H groups in total. The molecule has 5 rings (SSSR count). The molecule has 3 heterocycles. The number of nitrogens with one attached hydrogen (secondary N) is 3. The van der Waals surface area contributed by atoms with Gasteiger partial charge in [0.2, 0.25) is 0 Å². The average molecular weight is 474 g/mol. The molecule has 0 bridgehead atoms. The molecule has 4 aromatic rings. The number of fused-ring (bicyclic) bond motifs is 1. The van der Waals surface area contributed by atoms with Crippen molar-refractivity contribution in [3.05, 3.63) is 87.9 Å². The molecule has 3 aromatic heterocycles. The minimum absolute atomic E-state index is 0.0149. The number of carbonyl (C=O) groups excluding carboxylic acids is 1. The number of rotatable bonds is 5. The Balaban J connectivity index is 1.41. The van der Waals surface area contributed by atoms with E-state index in [-0.39, 0.29) is 11.4 Å².